The van der Waals surface area contributed by atoms with Crippen LogP contribution in [0.1, 0.15) is 37.8 Å². The zero-order valence-corrected chi connectivity index (χ0v) is 15.6. The first-order valence-electron chi connectivity index (χ1n) is 9.05. The second-order valence-electron chi connectivity index (χ2n) is 8.07. The number of guanidine groups is 1. The van der Waals surface area contributed by atoms with Crippen LogP contribution in [-0.2, 0) is 10.2 Å². The standard InChI is InChI=1S/C20H31N3O/c1-16-7-5-6-8-17(16)19(2,3)13-22-18(21-4)23-11-9-20(14-23)10-12-24-15-20/h5-8H,9-15H2,1-4H3,(H,21,22). The normalized spacial score (nSPS) is 24.8. The van der Waals surface area contributed by atoms with Gasteiger partial charge in [0.05, 0.1) is 6.61 Å². The largest absolute Gasteiger partial charge is 0.381 e. The Morgan fingerprint density at radius 1 is 1.33 bits per heavy atom. The Balaban J connectivity index is 1.63. The Morgan fingerprint density at radius 3 is 2.79 bits per heavy atom. The second kappa shape index (κ2) is 6.75. The number of hydrogen-bond donors (Lipinski definition) is 1. The van der Waals surface area contributed by atoms with Gasteiger partial charge in [-0.3, -0.25) is 4.99 Å². The SMILES string of the molecule is CN=C(NCC(C)(C)c1ccccc1C)N1CCC2(CCOC2)C1. The van der Waals surface area contributed by atoms with Crippen LogP contribution in [0.3, 0.4) is 0 Å². The molecule has 0 aliphatic carbocycles. The van der Waals surface area contributed by atoms with Crippen LogP contribution in [0.15, 0.2) is 29.3 Å². The summed E-state index contributed by atoms with van der Waals surface area (Å²) < 4.78 is 5.64. The zero-order chi connectivity index (χ0) is 17.2. The van der Waals surface area contributed by atoms with Gasteiger partial charge in [0.15, 0.2) is 5.96 Å². The molecule has 2 heterocycles. The van der Waals surface area contributed by atoms with Gasteiger partial charge in [0.1, 0.15) is 0 Å². The molecular weight excluding hydrogens is 298 g/mol. The predicted octanol–water partition coefficient (Wildman–Crippen LogP) is 2.96. The molecule has 3 rings (SSSR count). The van der Waals surface area contributed by atoms with Crippen molar-refractivity contribution >= 4 is 5.96 Å². The molecule has 1 unspecified atom stereocenters. The van der Waals surface area contributed by atoms with Crippen molar-refractivity contribution in [2.45, 2.75) is 39.0 Å². The molecule has 0 radical (unpaired) electrons. The third kappa shape index (κ3) is 3.44. The molecular formula is C20H31N3O. The van der Waals surface area contributed by atoms with E-state index < -0.39 is 0 Å². The van der Waals surface area contributed by atoms with Crippen molar-refractivity contribution < 1.29 is 4.74 Å². The third-order valence-electron chi connectivity index (χ3n) is 5.70. The van der Waals surface area contributed by atoms with Crippen LogP contribution in [0.2, 0.25) is 0 Å². The first kappa shape index (κ1) is 17.3. The number of aryl methyl sites for hydroxylation is 1. The molecule has 0 bridgehead atoms. The average molecular weight is 329 g/mol. The van der Waals surface area contributed by atoms with Crippen LogP contribution in [0.4, 0.5) is 0 Å². The van der Waals surface area contributed by atoms with Gasteiger partial charge < -0.3 is 15.0 Å². The second-order valence-corrected chi connectivity index (χ2v) is 8.07. The maximum atomic E-state index is 5.64. The molecule has 1 aromatic carbocycles. The third-order valence-corrected chi connectivity index (χ3v) is 5.70. The molecule has 2 saturated heterocycles. The number of nitrogens with zero attached hydrogens (tertiary/aromatic N) is 2. The van der Waals surface area contributed by atoms with Gasteiger partial charge in [0.2, 0.25) is 0 Å². The summed E-state index contributed by atoms with van der Waals surface area (Å²) in [5.41, 5.74) is 3.18. The fraction of sp³-hybridized carbons (Fsp3) is 0.650. The summed E-state index contributed by atoms with van der Waals surface area (Å²) in [4.78, 5) is 6.94. The fourth-order valence-corrected chi connectivity index (χ4v) is 4.15. The summed E-state index contributed by atoms with van der Waals surface area (Å²) in [7, 11) is 1.89. The highest BCUT2D eigenvalue weighted by atomic mass is 16.5. The van der Waals surface area contributed by atoms with Gasteiger partial charge in [0.25, 0.3) is 0 Å². The summed E-state index contributed by atoms with van der Waals surface area (Å²) in [6, 6.07) is 8.66. The summed E-state index contributed by atoms with van der Waals surface area (Å²) in [5, 5.41) is 3.62. The van der Waals surface area contributed by atoms with E-state index in [9.17, 15) is 0 Å². The lowest BCUT2D eigenvalue weighted by atomic mass is 9.82. The molecule has 1 N–H and O–H groups in total. The van der Waals surface area contributed by atoms with E-state index in [1.54, 1.807) is 0 Å². The minimum absolute atomic E-state index is 0.0646. The van der Waals surface area contributed by atoms with Crippen molar-refractivity contribution in [2.75, 3.05) is 39.9 Å². The van der Waals surface area contributed by atoms with Crippen LogP contribution >= 0.6 is 0 Å². The molecule has 24 heavy (non-hydrogen) atoms. The van der Waals surface area contributed by atoms with Crippen LogP contribution in [0.5, 0.6) is 0 Å². The van der Waals surface area contributed by atoms with E-state index in [2.05, 4.69) is 60.2 Å². The van der Waals surface area contributed by atoms with Crippen LogP contribution in [-0.4, -0.2) is 50.8 Å². The highest BCUT2D eigenvalue weighted by Gasteiger charge is 2.42. The summed E-state index contributed by atoms with van der Waals surface area (Å²) in [5.74, 6) is 1.03. The van der Waals surface area contributed by atoms with Crippen molar-refractivity contribution in [3.63, 3.8) is 0 Å². The quantitative estimate of drug-likeness (QED) is 0.684. The van der Waals surface area contributed by atoms with Gasteiger partial charge in [-0.1, -0.05) is 38.1 Å². The number of benzene rings is 1. The lowest BCUT2D eigenvalue weighted by molar-refractivity contribution is 0.156. The minimum Gasteiger partial charge on any atom is -0.381 e. The maximum absolute atomic E-state index is 5.64. The number of aliphatic imine (C=N–C) groups is 1. The van der Waals surface area contributed by atoms with Crippen molar-refractivity contribution in [2.24, 2.45) is 10.4 Å². The van der Waals surface area contributed by atoms with Gasteiger partial charge in [-0.15, -0.1) is 0 Å². The van der Waals surface area contributed by atoms with E-state index >= 15 is 0 Å². The van der Waals surface area contributed by atoms with Gasteiger partial charge in [-0.25, -0.2) is 0 Å². The topological polar surface area (TPSA) is 36.9 Å². The predicted molar refractivity (Wildman–Crippen MR) is 99.6 cm³/mol. The van der Waals surface area contributed by atoms with E-state index in [1.807, 2.05) is 7.05 Å². The van der Waals surface area contributed by atoms with Crippen LogP contribution in [0.25, 0.3) is 0 Å². The molecule has 4 nitrogen and oxygen atoms in total. The molecule has 2 aliphatic rings. The smallest absolute Gasteiger partial charge is 0.193 e. The number of rotatable bonds is 3. The molecule has 2 aliphatic heterocycles. The number of nitrogens with one attached hydrogen (secondary N) is 1. The van der Waals surface area contributed by atoms with Gasteiger partial charge in [-0.05, 0) is 30.9 Å². The molecule has 0 aromatic heterocycles. The van der Waals surface area contributed by atoms with Crippen molar-refractivity contribution in [3.8, 4) is 0 Å². The van der Waals surface area contributed by atoms with Crippen LogP contribution < -0.4 is 5.32 Å². The summed E-state index contributed by atoms with van der Waals surface area (Å²) in [6.45, 7) is 11.6. The Labute approximate surface area is 146 Å². The Morgan fingerprint density at radius 2 is 2.12 bits per heavy atom. The van der Waals surface area contributed by atoms with E-state index in [4.69, 9.17) is 4.74 Å². The van der Waals surface area contributed by atoms with E-state index in [0.717, 1.165) is 38.8 Å². The monoisotopic (exact) mass is 329 g/mol. The Hall–Kier alpha value is -1.55. The lowest BCUT2D eigenvalue weighted by Crippen LogP contribution is -2.45. The Bertz CT molecular complexity index is 603. The molecule has 0 amide bonds. The fourth-order valence-electron chi connectivity index (χ4n) is 4.15. The highest BCUT2D eigenvalue weighted by molar-refractivity contribution is 5.80. The van der Waals surface area contributed by atoms with Gasteiger partial charge in [0, 0.05) is 44.1 Å². The number of likely N-dealkylation sites (tertiary alicyclic amines) is 1. The lowest BCUT2D eigenvalue weighted by Gasteiger charge is -2.31. The number of hydrogen-bond acceptors (Lipinski definition) is 2. The summed E-state index contributed by atoms with van der Waals surface area (Å²) in [6.07, 6.45) is 2.41. The number of ether oxygens (including phenoxy) is 1. The van der Waals surface area contributed by atoms with Crippen molar-refractivity contribution in [1.29, 1.82) is 0 Å². The zero-order valence-electron chi connectivity index (χ0n) is 15.6. The highest BCUT2D eigenvalue weighted by Crippen LogP contribution is 2.38. The molecule has 1 spiro atoms. The van der Waals surface area contributed by atoms with Gasteiger partial charge >= 0.3 is 0 Å². The molecule has 2 fully saturated rings. The summed E-state index contributed by atoms with van der Waals surface area (Å²) >= 11 is 0. The van der Waals surface area contributed by atoms with E-state index in [1.165, 1.54) is 24.0 Å². The first-order valence-corrected chi connectivity index (χ1v) is 9.05. The van der Waals surface area contributed by atoms with E-state index in [-0.39, 0.29) is 5.41 Å². The van der Waals surface area contributed by atoms with E-state index in [0.29, 0.717) is 5.41 Å². The molecule has 0 saturated carbocycles. The molecule has 1 aromatic rings. The van der Waals surface area contributed by atoms with Crippen molar-refractivity contribution in [1.82, 2.24) is 10.2 Å². The van der Waals surface area contributed by atoms with Gasteiger partial charge in [-0.2, -0.15) is 0 Å². The van der Waals surface area contributed by atoms with Crippen LogP contribution in [0, 0.1) is 12.3 Å². The maximum Gasteiger partial charge on any atom is 0.193 e. The van der Waals surface area contributed by atoms with Crippen molar-refractivity contribution in [3.05, 3.63) is 35.4 Å². The molecule has 132 valence electrons. The average Bonchev–Trinajstić information content (AvgIpc) is 3.19. The first-order chi connectivity index (χ1) is 11.5. The molecule has 4 heteroatoms. The minimum atomic E-state index is 0.0646. The molecule has 1 atom stereocenters. The Kier molecular flexibility index (Phi) is 4.86.